The standard InChI is InChI=1S/C21H31N5O2/c1-15(2)14-26-17(4)19(16(3)24-26)12-20(27)23-13-18-6-5-7-22-21(18)25-8-10-28-11-9-25/h5-7,15H,8-14H2,1-4H3,(H,23,27). The maximum atomic E-state index is 12.6. The predicted molar refractivity (Wildman–Crippen MR) is 109 cm³/mol. The molecule has 3 rings (SSSR count). The van der Waals surface area contributed by atoms with Crippen LogP contribution in [0, 0.1) is 19.8 Å². The number of ether oxygens (including phenoxy) is 1. The summed E-state index contributed by atoms with van der Waals surface area (Å²) < 4.78 is 7.44. The monoisotopic (exact) mass is 385 g/mol. The molecule has 2 aromatic rings. The van der Waals surface area contributed by atoms with Crippen LogP contribution in [0.3, 0.4) is 0 Å². The Morgan fingerprint density at radius 3 is 2.75 bits per heavy atom. The number of amides is 1. The maximum absolute atomic E-state index is 12.6. The summed E-state index contributed by atoms with van der Waals surface area (Å²) in [4.78, 5) is 19.4. The molecule has 0 spiro atoms. The van der Waals surface area contributed by atoms with Crippen LogP contribution in [-0.4, -0.2) is 47.0 Å². The Morgan fingerprint density at radius 2 is 2.04 bits per heavy atom. The van der Waals surface area contributed by atoms with Gasteiger partial charge in [0.25, 0.3) is 0 Å². The topological polar surface area (TPSA) is 72.3 Å². The van der Waals surface area contributed by atoms with Gasteiger partial charge in [0.2, 0.25) is 5.91 Å². The van der Waals surface area contributed by atoms with Gasteiger partial charge in [-0.2, -0.15) is 5.10 Å². The van der Waals surface area contributed by atoms with Gasteiger partial charge in [-0.25, -0.2) is 4.98 Å². The Balaban J connectivity index is 1.63. The van der Waals surface area contributed by atoms with Gasteiger partial charge in [0.05, 0.1) is 25.3 Å². The number of carbonyl (C=O) groups excluding carboxylic acids is 1. The molecule has 7 nitrogen and oxygen atoms in total. The molecule has 1 fully saturated rings. The molecule has 7 heteroatoms. The molecule has 152 valence electrons. The van der Waals surface area contributed by atoms with Crippen molar-refractivity contribution in [2.75, 3.05) is 31.2 Å². The van der Waals surface area contributed by atoms with Crippen LogP contribution in [0.1, 0.15) is 36.4 Å². The Bertz CT molecular complexity index is 809. The molecular weight excluding hydrogens is 354 g/mol. The summed E-state index contributed by atoms with van der Waals surface area (Å²) in [7, 11) is 0. The van der Waals surface area contributed by atoms with Gasteiger partial charge in [-0.05, 0) is 25.8 Å². The van der Waals surface area contributed by atoms with Crippen LogP contribution in [-0.2, 0) is 29.0 Å². The molecule has 1 saturated heterocycles. The van der Waals surface area contributed by atoms with E-state index >= 15 is 0 Å². The number of nitrogens with one attached hydrogen (secondary N) is 1. The third-order valence-corrected chi connectivity index (χ3v) is 5.06. The second kappa shape index (κ2) is 9.19. The van der Waals surface area contributed by atoms with Crippen molar-refractivity contribution in [3.05, 3.63) is 40.8 Å². The van der Waals surface area contributed by atoms with E-state index in [0.29, 0.717) is 32.1 Å². The smallest absolute Gasteiger partial charge is 0.224 e. The van der Waals surface area contributed by atoms with Crippen LogP contribution < -0.4 is 10.2 Å². The first-order valence-electron chi connectivity index (χ1n) is 10.0. The van der Waals surface area contributed by atoms with Crippen LogP contribution >= 0.6 is 0 Å². The van der Waals surface area contributed by atoms with Crippen molar-refractivity contribution in [1.29, 1.82) is 0 Å². The molecule has 0 atom stereocenters. The van der Waals surface area contributed by atoms with Crippen molar-refractivity contribution in [3.63, 3.8) is 0 Å². The lowest BCUT2D eigenvalue weighted by Crippen LogP contribution is -2.38. The highest BCUT2D eigenvalue weighted by Crippen LogP contribution is 2.19. The Hall–Kier alpha value is -2.41. The Morgan fingerprint density at radius 1 is 1.29 bits per heavy atom. The van der Waals surface area contributed by atoms with Crippen molar-refractivity contribution in [2.24, 2.45) is 5.92 Å². The Labute approximate surface area is 167 Å². The minimum Gasteiger partial charge on any atom is -0.378 e. The zero-order valence-electron chi connectivity index (χ0n) is 17.4. The number of anilines is 1. The molecule has 3 heterocycles. The molecule has 1 aliphatic heterocycles. The number of morpholine rings is 1. The van der Waals surface area contributed by atoms with E-state index < -0.39 is 0 Å². The van der Waals surface area contributed by atoms with E-state index in [1.807, 2.05) is 30.7 Å². The largest absolute Gasteiger partial charge is 0.378 e. The van der Waals surface area contributed by atoms with Crippen LogP contribution in [0.5, 0.6) is 0 Å². The lowest BCUT2D eigenvalue weighted by atomic mass is 10.1. The average molecular weight is 386 g/mol. The van der Waals surface area contributed by atoms with E-state index in [4.69, 9.17) is 4.74 Å². The molecule has 1 amide bonds. The van der Waals surface area contributed by atoms with Crippen molar-refractivity contribution >= 4 is 11.7 Å². The van der Waals surface area contributed by atoms with E-state index in [1.165, 1.54) is 0 Å². The molecule has 0 bridgehead atoms. The maximum Gasteiger partial charge on any atom is 0.224 e. The first-order valence-corrected chi connectivity index (χ1v) is 10.0. The van der Waals surface area contributed by atoms with Gasteiger partial charge in [0, 0.05) is 49.2 Å². The van der Waals surface area contributed by atoms with Gasteiger partial charge >= 0.3 is 0 Å². The quantitative estimate of drug-likeness (QED) is 0.791. The average Bonchev–Trinajstić information content (AvgIpc) is 2.94. The summed E-state index contributed by atoms with van der Waals surface area (Å²) in [6, 6.07) is 3.94. The number of aryl methyl sites for hydroxylation is 1. The van der Waals surface area contributed by atoms with Gasteiger partial charge in [0.15, 0.2) is 0 Å². The van der Waals surface area contributed by atoms with Gasteiger partial charge in [-0.3, -0.25) is 9.48 Å². The lowest BCUT2D eigenvalue weighted by Gasteiger charge is -2.29. The van der Waals surface area contributed by atoms with Crippen LogP contribution in [0.2, 0.25) is 0 Å². The third-order valence-electron chi connectivity index (χ3n) is 5.06. The first-order chi connectivity index (χ1) is 13.5. The molecular formula is C21H31N5O2. The molecule has 28 heavy (non-hydrogen) atoms. The van der Waals surface area contributed by atoms with E-state index in [1.54, 1.807) is 6.20 Å². The number of hydrogen-bond donors (Lipinski definition) is 1. The van der Waals surface area contributed by atoms with Crippen molar-refractivity contribution in [1.82, 2.24) is 20.1 Å². The number of pyridine rings is 1. The molecule has 1 N–H and O–H groups in total. The summed E-state index contributed by atoms with van der Waals surface area (Å²) in [6.45, 7) is 12.8. The summed E-state index contributed by atoms with van der Waals surface area (Å²) >= 11 is 0. The molecule has 0 saturated carbocycles. The van der Waals surface area contributed by atoms with Gasteiger partial charge in [0.1, 0.15) is 5.82 Å². The van der Waals surface area contributed by atoms with Crippen LogP contribution in [0.25, 0.3) is 0 Å². The minimum absolute atomic E-state index is 0.00655. The number of nitrogens with zero attached hydrogens (tertiary/aromatic N) is 4. The number of hydrogen-bond acceptors (Lipinski definition) is 5. The SMILES string of the molecule is Cc1nn(CC(C)C)c(C)c1CC(=O)NCc1cccnc1N1CCOCC1. The molecule has 1 aliphatic rings. The van der Waals surface area contributed by atoms with E-state index in [9.17, 15) is 4.79 Å². The zero-order chi connectivity index (χ0) is 20.1. The normalized spacial score (nSPS) is 14.5. The van der Waals surface area contributed by atoms with Crippen molar-refractivity contribution in [3.8, 4) is 0 Å². The number of rotatable bonds is 7. The van der Waals surface area contributed by atoms with Crippen LogP contribution in [0.4, 0.5) is 5.82 Å². The third kappa shape index (κ3) is 4.90. The van der Waals surface area contributed by atoms with E-state index in [0.717, 1.165) is 48.0 Å². The summed E-state index contributed by atoms with van der Waals surface area (Å²) in [6.07, 6.45) is 2.15. The highest BCUT2D eigenvalue weighted by Gasteiger charge is 2.18. The predicted octanol–water partition coefficient (Wildman–Crippen LogP) is 2.25. The number of carbonyl (C=O) groups is 1. The highest BCUT2D eigenvalue weighted by molar-refractivity contribution is 5.79. The van der Waals surface area contributed by atoms with Gasteiger partial charge in [-0.15, -0.1) is 0 Å². The molecule has 0 unspecified atom stereocenters. The highest BCUT2D eigenvalue weighted by atomic mass is 16.5. The molecule has 2 aromatic heterocycles. The fourth-order valence-electron chi connectivity index (χ4n) is 3.56. The van der Waals surface area contributed by atoms with Crippen LogP contribution in [0.15, 0.2) is 18.3 Å². The fourth-order valence-corrected chi connectivity index (χ4v) is 3.56. The minimum atomic E-state index is 0.00655. The van der Waals surface area contributed by atoms with Gasteiger partial charge in [-0.1, -0.05) is 19.9 Å². The molecule has 0 aliphatic carbocycles. The molecule has 0 radical (unpaired) electrons. The fraction of sp³-hybridized carbons (Fsp3) is 0.571. The molecule has 0 aromatic carbocycles. The van der Waals surface area contributed by atoms with Crippen molar-refractivity contribution in [2.45, 2.75) is 47.2 Å². The van der Waals surface area contributed by atoms with E-state index in [2.05, 4.69) is 34.1 Å². The first kappa shape index (κ1) is 20.3. The Kier molecular flexibility index (Phi) is 6.67. The van der Waals surface area contributed by atoms with E-state index in [-0.39, 0.29) is 5.91 Å². The summed E-state index contributed by atoms with van der Waals surface area (Å²) in [5.41, 5.74) is 4.07. The van der Waals surface area contributed by atoms with Crippen molar-refractivity contribution < 1.29 is 9.53 Å². The van der Waals surface area contributed by atoms with Gasteiger partial charge < -0.3 is 15.0 Å². The number of aromatic nitrogens is 3. The zero-order valence-corrected chi connectivity index (χ0v) is 17.4. The summed E-state index contributed by atoms with van der Waals surface area (Å²) in [5.74, 6) is 1.46. The lowest BCUT2D eigenvalue weighted by molar-refractivity contribution is -0.120. The second-order valence-electron chi connectivity index (χ2n) is 7.76. The summed E-state index contributed by atoms with van der Waals surface area (Å²) in [5, 5.41) is 7.66. The second-order valence-corrected chi connectivity index (χ2v) is 7.76.